The molecular weight excluding hydrogens is 819 g/mol. The van der Waals surface area contributed by atoms with E-state index in [9.17, 15) is 34.2 Å². The fourth-order valence-electron chi connectivity index (χ4n) is 4.85. The Kier molecular flexibility index (Phi) is 16.3. The van der Waals surface area contributed by atoms with Crippen LogP contribution in [-0.4, -0.2) is 108 Å². The van der Waals surface area contributed by atoms with Gasteiger partial charge >= 0.3 is 30.2 Å². The number of hydrogen-bond donors (Lipinski definition) is 4. The lowest BCUT2D eigenvalue weighted by atomic mass is 10.1. The number of nitrogens with zero attached hydrogens (tertiary/aromatic N) is 5. The van der Waals surface area contributed by atoms with Crippen LogP contribution in [0.15, 0.2) is 46.0 Å². The highest BCUT2D eigenvalue weighted by Crippen LogP contribution is 2.23. The number of benzene rings is 1. The van der Waals surface area contributed by atoms with Crippen LogP contribution in [-0.2, 0) is 47.0 Å². The van der Waals surface area contributed by atoms with Crippen LogP contribution in [0.3, 0.4) is 0 Å². The van der Waals surface area contributed by atoms with Crippen molar-refractivity contribution < 1.29 is 62.7 Å². The topological polar surface area (TPSA) is 253 Å². The molecule has 3 aromatic rings. The van der Waals surface area contributed by atoms with Gasteiger partial charge in [-0.2, -0.15) is 0 Å². The fourth-order valence-corrected chi connectivity index (χ4v) is 5.53. The Balaban J connectivity index is 1.86. The average molecular weight is 876 g/mol. The smallest absolute Gasteiger partial charge is 0.437 e. The predicted octanol–water partition coefficient (Wildman–Crippen LogP) is 5.61. The maximum atomic E-state index is 13.2. The first-order valence-electron chi connectivity index (χ1n) is 19.1. The molecule has 1 aromatic carbocycles. The largest absolute Gasteiger partial charge is 0.489 e. The summed E-state index contributed by atoms with van der Waals surface area (Å²) in [5.74, 6) is -2.13. The number of esters is 1. The zero-order valence-electron chi connectivity index (χ0n) is 36.8. The highest BCUT2D eigenvalue weighted by Gasteiger charge is 2.30. The Morgan fingerprint density at radius 1 is 0.836 bits per heavy atom. The summed E-state index contributed by atoms with van der Waals surface area (Å²) in [6, 6.07) is 6.59. The normalized spacial score (nSPS) is 13.7. The van der Waals surface area contributed by atoms with Gasteiger partial charge in [-0.1, -0.05) is 5.16 Å². The molecule has 0 saturated carbocycles. The minimum absolute atomic E-state index is 0.0395. The maximum Gasteiger partial charge on any atom is 0.437 e. The van der Waals surface area contributed by atoms with Crippen LogP contribution in [0, 0.1) is 0 Å². The zero-order chi connectivity index (χ0) is 46.1. The minimum atomic E-state index is -1.54. The number of aliphatic hydroxyl groups is 1. The van der Waals surface area contributed by atoms with Gasteiger partial charge in [0.25, 0.3) is 6.10 Å². The number of thiazole rings is 1. The molecule has 2 atom stereocenters. The molecule has 0 aliphatic rings. The number of aliphatic hydroxyl groups excluding tert-OH is 1. The van der Waals surface area contributed by atoms with Crippen LogP contribution in [0.25, 0.3) is 11.3 Å². The van der Waals surface area contributed by atoms with Gasteiger partial charge in [0.05, 0.1) is 18.3 Å². The molecule has 0 saturated heterocycles. The van der Waals surface area contributed by atoms with Gasteiger partial charge in [0, 0.05) is 25.2 Å². The SMILES string of the molecule is Cn1c(-c2ccc(OCC(O/N=C(\C(=O)O)c3csc(NC(=O)OC(C)(C)C)n3)C(=O)OC(C)(C)C)cc2)cn(CC(O)CNC(=O)OC(C)(C)C)c1=NC(=O)OC(C)(C)C. The molecule has 2 aromatic heterocycles. The molecule has 2 heterocycles. The third kappa shape index (κ3) is 17.3. The third-order valence-electron chi connectivity index (χ3n) is 7.12. The zero-order valence-corrected chi connectivity index (χ0v) is 37.6. The molecule has 3 rings (SSSR count). The van der Waals surface area contributed by atoms with E-state index in [1.165, 1.54) is 5.38 Å². The molecule has 21 heteroatoms. The summed E-state index contributed by atoms with van der Waals surface area (Å²) in [7, 11) is 1.67. The van der Waals surface area contributed by atoms with Crippen molar-refractivity contribution in [3.05, 3.63) is 47.2 Å². The molecular formula is C40H57N7O13S. The number of carbonyl (C=O) groups excluding carboxylic acids is 4. The Hall–Kier alpha value is -5.96. The fraction of sp³-hybridized carbons (Fsp3) is 0.550. The van der Waals surface area contributed by atoms with E-state index in [2.05, 4.69) is 25.8 Å². The minimum Gasteiger partial charge on any atom is -0.489 e. The number of oxime groups is 1. The van der Waals surface area contributed by atoms with Crippen LogP contribution >= 0.6 is 11.3 Å². The van der Waals surface area contributed by atoms with Crippen molar-refractivity contribution >= 4 is 52.4 Å². The number of carboxylic acids is 1. The van der Waals surface area contributed by atoms with Gasteiger partial charge in [-0.15, -0.1) is 16.3 Å². The van der Waals surface area contributed by atoms with E-state index in [0.29, 0.717) is 11.3 Å². The highest BCUT2D eigenvalue weighted by atomic mass is 32.1. The monoisotopic (exact) mass is 875 g/mol. The van der Waals surface area contributed by atoms with Crippen molar-refractivity contribution in [2.75, 3.05) is 18.5 Å². The second-order valence-electron chi connectivity index (χ2n) is 17.5. The van der Waals surface area contributed by atoms with E-state index in [0.717, 1.165) is 11.3 Å². The lowest BCUT2D eigenvalue weighted by molar-refractivity contribution is -0.170. The maximum absolute atomic E-state index is 13.2. The molecule has 2 unspecified atom stereocenters. The number of carboxylic acid groups (broad SMARTS) is 1. The first-order chi connectivity index (χ1) is 28.0. The lowest BCUT2D eigenvalue weighted by Crippen LogP contribution is -2.39. The number of hydrogen-bond acceptors (Lipinski definition) is 15. The van der Waals surface area contributed by atoms with E-state index in [1.807, 2.05) is 0 Å². The number of aromatic nitrogens is 3. The number of carbonyl (C=O) groups is 5. The summed E-state index contributed by atoms with van der Waals surface area (Å²) in [6.45, 7) is 19.6. The third-order valence-corrected chi connectivity index (χ3v) is 7.88. The number of anilines is 1. The van der Waals surface area contributed by atoms with Gasteiger partial charge in [0.2, 0.25) is 11.3 Å². The average Bonchev–Trinajstić information content (AvgIpc) is 3.65. The summed E-state index contributed by atoms with van der Waals surface area (Å²) < 4.78 is 30.4. The van der Waals surface area contributed by atoms with Crippen molar-refractivity contribution in [2.24, 2.45) is 17.2 Å². The summed E-state index contributed by atoms with van der Waals surface area (Å²) >= 11 is 0.922. The van der Waals surface area contributed by atoms with Gasteiger partial charge in [0.15, 0.2) is 5.13 Å². The van der Waals surface area contributed by atoms with Gasteiger partial charge in [-0.3, -0.25) is 5.32 Å². The molecule has 0 radical (unpaired) electrons. The van der Waals surface area contributed by atoms with Gasteiger partial charge in [0.1, 0.15) is 40.5 Å². The molecule has 4 N–H and O–H groups in total. The van der Waals surface area contributed by atoms with Crippen LogP contribution in [0.2, 0.25) is 0 Å². The van der Waals surface area contributed by atoms with Crippen molar-refractivity contribution in [3.63, 3.8) is 0 Å². The van der Waals surface area contributed by atoms with E-state index in [1.54, 1.807) is 130 Å². The van der Waals surface area contributed by atoms with Crippen molar-refractivity contribution in [1.82, 2.24) is 19.4 Å². The number of alkyl carbamates (subject to hydrolysis) is 1. The molecule has 0 aliphatic heterocycles. The number of amides is 3. The molecule has 0 aliphatic carbocycles. The molecule has 0 spiro atoms. The number of imidazole rings is 1. The van der Waals surface area contributed by atoms with E-state index >= 15 is 0 Å². The van der Waals surface area contributed by atoms with Gasteiger partial charge in [-0.05, 0) is 113 Å². The van der Waals surface area contributed by atoms with E-state index in [4.69, 9.17) is 28.5 Å². The molecule has 20 nitrogen and oxygen atoms in total. The first kappa shape index (κ1) is 49.4. The molecule has 336 valence electrons. The van der Waals surface area contributed by atoms with Gasteiger partial charge < -0.3 is 53.2 Å². The predicted molar refractivity (Wildman–Crippen MR) is 223 cm³/mol. The van der Waals surface area contributed by atoms with Gasteiger partial charge in [-0.25, -0.2) is 29.0 Å². The van der Waals surface area contributed by atoms with Crippen LogP contribution in [0.4, 0.5) is 19.5 Å². The standard InChI is InChI=1S/C40H57N7O13S/c1-37(2,3)56-31(51)28(60-45-29(30(49)50)26-22-61-32(42-26)43-35(53)58-39(7,8)9)21-55-25-16-14-23(15-17-25)27-20-47(19-24(48)18-41-34(52)57-38(4,5)6)33(46(27)13)44-36(54)59-40(10,11)12/h14-17,20,22,24,28,48H,18-19,21H2,1-13H3,(H,41,52)(H,49,50)(H,42,43,53)/b44-33?,45-29-. The Morgan fingerprint density at radius 3 is 1.97 bits per heavy atom. The second kappa shape index (κ2) is 20.1. The van der Waals surface area contributed by atoms with Crippen molar-refractivity contribution in [3.8, 4) is 17.0 Å². The second-order valence-corrected chi connectivity index (χ2v) is 18.4. The quantitative estimate of drug-likeness (QED) is 0.0665. The Bertz CT molecular complexity index is 2130. The van der Waals surface area contributed by atoms with Crippen molar-refractivity contribution in [1.29, 1.82) is 0 Å². The van der Waals surface area contributed by atoms with Crippen molar-refractivity contribution in [2.45, 2.75) is 124 Å². The molecule has 3 amide bonds. The van der Waals surface area contributed by atoms with E-state index in [-0.39, 0.29) is 35.3 Å². The van der Waals surface area contributed by atoms with Crippen LogP contribution < -0.4 is 21.0 Å². The number of aliphatic carboxylic acids is 1. The summed E-state index contributed by atoms with van der Waals surface area (Å²) in [4.78, 5) is 76.2. The summed E-state index contributed by atoms with van der Waals surface area (Å²) in [5, 5.41) is 30.8. The Morgan fingerprint density at radius 2 is 1.41 bits per heavy atom. The number of rotatable bonds is 14. The number of nitrogens with one attached hydrogen (secondary N) is 2. The van der Waals surface area contributed by atoms with E-state index < -0.39 is 77.1 Å². The number of ether oxygens (including phenoxy) is 5. The summed E-state index contributed by atoms with van der Waals surface area (Å²) in [5.41, 5.74) is -2.74. The Labute approximate surface area is 357 Å². The highest BCUT2D eigenvalue weighted by molar-refractivity contribution is 7.14. The molecule has 0 fully saturated rings. The van der Waals surface area contributed by atoms with Crippen LogP contribution in [0.1, 0.15) is 88.8 Å². The lowest BCUT2D eigenvalue weighted by Gasteiger charge is -2.23. The van der Waals surface area contributed by atoms with Crippen LogP contribution in [0.5, 0.6) is 5.75 Å². The summed E-state index contributed by atoms with van der Waals surface area (Å²) in [6.07, 6.45) is -3.32. The molecule has 61 heavy (non-hydrogen) atoms. The first-order valence-corrected chi connectivity index (χ1v) is 19.9. The molecule has 0 bridgehead atoms.